The van der Waals surface area contributed by atoms with Crippen LogP contribution in [0, 0.1) is 5.92 Å². The van der Waals surface area contributed by atoms with Gasteiger partial charge in [0.15, 0.2) is 0 Å². The lowest BCUT2D eigenvalue weighted by Gasteiger charge is -2.18. The van der Waals surface area contributed by atoms with E-state index in [1.165, 1.54) is 28.7 Å². The first-order valence-electron chi connectivity index (χ1n) is 6.28. The molecule has 0 aromatic carbocycles. The van der Waals surface area contributed by atoms with Crippen LogP contribution in [0.3, 0.4) is 0 Å². The number of hydrogen-bond acceptors (Lipinski definition) is 5. The smallest absolute Gasteiger partial charge is 0.128 e. The minimum atomic E-state index is 0.194. The molecule has 2 aromatic heterocycles. The Balaban J connectivity index is 2.09. The van der Waals surface area contributed by atoms with E-state index in [0.717, 1.165) is 22.2 Å². The highest BCUT2D eigenvalue weighted by Crippen LogP contribution is 2.40. The topological polar surface area (TPSA) is 46.0 Å². The molecule has 0 spiro atoms. The van der Waals surface area contributed by atoms with Crippen molar-refractivity contribution in [3.8, 4) is 0 Å². The molecule has 1 aliphatic carbocycles. The summed E-state index contributed by atoms with van der Waals surface area (Å²) in [6, 6.07) is 0. The number of aromatic nitrogens is 2. The van der Waals surface area contributed by atoms with Crippen LogP contribution in [0.25, 0.3) is 10.2 Å². The molecule has 0 amide bonds. The van der Waals surface area contributed by atoms with Gasteiger partial charge in [0, 0.05) is 16.0 Å². The highest BCUT2D eigenvalue weighted by molar-refractivity contribution is 7.99. The van der Waals surface area contributed by atoms with Gasteiger partial charge in [-0.3, -0.25) is 0 Å². The fraction of sp³-hybridized carbons (Fsp3) is 0.538. The van der Waals surface area contributed by atoms with Gasteiger partial charge >= 0.3 is 0 Å². The number of aliphatic hydroxyl groups excluding tert-OH is 1. The summed E-state index contributed by atoms with van der Waals surface area (Å²) in [5, 5.41) is 11.3. The molecule has 0 saturated heterocycles. The highest BCUT2D eigenvalue weighted by atomic mass is 32.2. The molecule has 2 aromatic rings. The second kappa shape index (κ2) is 5.15. The van der Waals surface area contributed by atoms with E-state index >= 15 is 0 Å². The summed E-state index contributed by atoms with van der Waals surface area (Å²) in [5.74, 6) is 1.49. The predicted molar refractivity (Wildman–Crippen MR) is 76.4 cm³/mol. The highest BCUT2D eigenvalue weighted by Gasteiger charge is 2.22. The van der Waals surface area contributed by atoms with Gasteiger partial charge < -0.3 is 5.11 Å². The number of nitrogens with zero attached hydrogens (tertiary/aromatic N) is 2. The Morgan fingerprint density at radius 3 is 3.22 bits per heavy atom. The lowest BCUT2D eigenvalue weighted by Crippen LogP contribution is -2.08. The molecule has 96 valence electrons. The Labute approximate surface area is 115 Å². The maximum absolute atomic E-state index is 8.96. The van der Waals surface area contributed by atoms with Crippen molar-refractivity contribution in [1.82, 2.24) is 9.97 Å². The quantitative estimate of drug-likeness (QED) is 0.693. The summed E-state index contributed by atoms with van der Waals surface area (Å²) < 4.78 is 0. The molecule has 5 heteroatoms. The van der Waals surface area contributed by atoms with Gasteiger partial charge in [-0.05, 0) is 30.7 Å². The van der Waals surface area contributed by atoms with E-state index in [1.54, 1.807) is 18.1 Å². The summed E-state index contributed by atoms with van der Waals surface area (Å²) in [6.45, 7) is 2.51. The number of rotatable bonds is 3. The number of thioether (sulfide) groups is 1. The van der Waals surface area contributed by atoms with Crippen LogP contribution < -0.4 is 0 Å². The standard InChI is InChI=1S/C13H16N2OS2/c1-8-2-3-9-10(6-8)18-13-11(9)12(14-7-15-13)17-5-4-16/h7-8,16H,2-6H2,1H3/t8-/m1/s1. The van der Waals surface area contributed by atoms with Gasteiger partial charge in [0.25, 0.3) is 0 Å². The molecule has 1 atom stereocenters. The fourth-order valence-corrected chi connectivity index (χ4v) is 4.68. The van der Waals surface area contributed by atoms with Gasteiger partial charge in [-0.25, -0.2) is 9.97 Å². The first kappa shape index (κ1) is 12.4. The molecule has 0 bridgehead atoms. The SMILES string of the molecule is C[C@@H]1CCc2c(sc3ncnc(SCCO)c23)C1. The lowest BCUT2D eigenvalue weighted by atomic mass is 9.89. The van der Waals surface area contributed by atoms with Crippen LogP contribution in [0.2, 0.25) is 0 Å². The van der Waals surface area contributed by atoms with E-state index in [1.807, 2.05) is 11.3 Å². The molecule has 2 heterocycles. The molecule has 1 aliphatic rings. The van der Waals surface area contributed by atoms with Gasteiger partial charge in [-0.1, -0.05) is 6.92 Å². The van der Waals surface area contributed by atoms with Crippen LogP contribution in [-0.2, 0) is 12.8 Å². The van der Waals surface area contributed by atoms with E-state index in [9.17, 15) is 0 Å². The summed E-state index contributed by atoms with van der Waals surface area (Å²) in [5.41, 5.74) is 1.47. The second-order valence-electron chi connectivity index (χ2n) is 4.78. The van der Waals surface area contributed by atoms with Gasteiger partial charge in [0.2, 0.25) is 0 Å². The van der Waals surface area contributed by atoms with Crippen LogP contribution >= 0.6 is 23.1 Å². The third kappa shape index (κ3) is 2.15. The average Bonchev–Trinajstić information content (AvgIpc) is 2.73. The number of aryl methyl sites for hydroxylation is 1. The molecule has 0 fully saturated rings. The van der Waals surface area contributed by atoms with Crippen molar-refractivity contribution in [2.45, 2.75) is 31.2 Å². The molecular formula is C13H16N2OS2. The molecule has 0 saturated carbocycles. The van der Waals surface area contributed by atoms with Gasteiger partial charge in [-0.2, -0.15) is 0 Å². The first-order chi connectivity index (χ1) is 8.79. The van der Waals surface area contributed by atoms with E-state index < -0.39 is 0 Å². The Kier molecular flexibility index (Phi) is 3.54. The lowest BCUT2D eigenvalue weighted by molar-refractivity contribution is 0.322. The maximum atomic E-state index is 8.96. The normalized spacial score (nSPS) is 19.1. The summed E-state index contributed by atoms with van der Waals surface area (Å²) in [7, 11) is 0. The van der Waals surface area contributed by atoms with E-state index in [2.05, 4.69) is 16.9 Å². The second-order valence-corrected chi connectivity index (χ2v) is 6.95. The predicted octanol–water partition coefficient (Wildman–Crippen LogP) is 2.90. The van der Waals surface area contributed by atoms with Crippen molar-refractivity contribution in [2.24, 2.45) is 5.92 Å². The molecule has 0 unspecified atom stereocenters. The maximum Gasteiger partial charge on any atom is 0.128 e. The van der Waals surface area contributed by atoms with Crippen molar-refractivity contribution in [3.05, 3.63) is 16.8 Å². The van der Waals surface area contributed by atoms with Crippen molar-refractivity contribution in [2.75, 3.05) is 12.4 Å². The van der Waals surface area contributed by atoms with Crippen molar-refractivity contribution >= 4 is 33.3 Å². The van der Waals surface area contributed by atoms with Gasteiger partial charge in [-0.15, -0.1) is 23.1 Å². The number of aliphatic hydroxyl groups is 1. The third-order valence-electron chi connectivity index (χ3n) is 3.39. The van der Waals surface area contributed by atoms with Crippen LogP contribution in [0.15, 0.2) is 11.4 Å². The Bertz CT molecular complexity index is 567. The third-order valence-corrected chi connectivity index (χ3v) is 5.52. The molecule has 3 rings (SSSR count). The van der Waals surface area contributed by atoms with Gasteiger partial charge in [0.05, 0.1) is 6.61 Å². The minimum absolute atomic E-state index is 0.194. The van der Waals surface area contributed by atoms with Crippen LogP contribution in [0.4, 0.5) is 0 Å². The zero-order valence-corrected chi connectivity index (χ0v) is 12.0. The first-order valence-corrected chi connectivity index (χ1v) is 8.08. The Hall–Kier alpha value is -0.650. The minimum Gasteiger partial charge on any atom is -0.396 e. The van der Waals surface area contributed by atoms with Crippen molar-refractivity contribution in [1.29, 1.82) is 0 Å². The van der Waals surface area contributed by atoms with Crippen LogP contribution in [0.1, 0.15) is 23.8 Å². The summed E-state index contributed by atoms with van der Waals surface area (Å²) >= 11 is 3.46. The molecule has 1 N–H and O–H groups in total. The zero-order chi connectivity index (χ0) is 12.5. The largest absolute Gasteiger partial charge is 0.396 e. The van der Waals surface area contributed by atoms with Crippen molar-refractivity contribution in [3.63, 3.8) is 0 Å². The summed E-state index contributed by atoms with van der Waals surface area (Å²) in [6.07, 6.45) is 5.24. The van der Waals surface area contributed by atoms with Gasteiger partial charge in [0.1, 0.15) is 16.2 Å². The molecule has 3 nitrogen and oxygen atoms in total. The number of thiophene rings is 1. The molecular weight excluding hydrogens is 264 g/mol. The Morgan fingerprint density at radius 1 is 1.50 bits per heavy atom. The number of hydrogen-bond donors (Lipinski definition) is 1. The summed E-state index contributed by atoms with van der Waals surface area (Å²) in [4.78, 5) is 11.4. The monoisotopic (exact) mass is 280 g/mol. The van der Waals surface area contributed by atoms with E-state index in [0.29, 0.717) is 5.75 Å². The molecule has 0 radical (unpaired) electrons. The molecule has 18 heavy (non-hydrogen) atoms. The van der Waals surface area contributed by atoms with Crippen LogP contribution in [0.5, 0.6) is 0 Å². The average molecular weight is 280 g/mol. The van der Waals surface area contributed by atoms with E-state index in [-0.39, 0.29) is 6.61 Å². The molecule has 0 aliphatic heterocycles. The fourth-order valence-electron chi connectivity index (χ4n) is 2.50. The van der Waals surface area contributed by atoms with Crippen LogP contribution in [-0.4, -0.2) is 27.4 Å². The Morgan fingerprint density at radius 2 is 2.39 bits per heavy atom. The number of fused-ring (bicyclic) bond motifs is 3. The zero-order valence-electron chi connectivity index (χ0n) is 10.3. The van der Waals surface area contributed by atoms with Crippen molar-refractivity contribution < 1.29 is 5.11 Å². The van der Waals surface area contributed by atoms with E-state index in [4.69, 9.17) is 5.11 Å².